The fourth-order valence-corrected chi connectivity index (χ4v) is 3.27. The second kappa shape index (κ2) is 6.88. The van der Waals surface area contributed by atoms with Crippen LogP contribution in [0.3, 0.4) is 0 Å². The molecule has 1 aliphatic heterocycles. The lowest BCUT2D eigenvalue weighted by Gasteiger charge is -2.35. The fraction of sp³-hybridized carbons (Fsp3) is 0.438. The largest absolute Gasteiger partial charge is 0.481 e. The van der Waals surface area contributed by atoms with Gasteiger partial charge in [-0.05, 0) is 31.7 Å². The van der Waals surface area contributed by atoms with Gasteiger partial charge in [-0.2, -0.15) is 5.10 Å². The Morgan fingerprint density at radius 2 is 2.20 bits per heavy atom. The number of non-ortho nitro benzene ring substituents is 1. The van der Waals surface area contributed by atoms with E-state index in [2.05, 4.69) is 10.2 Å². The molecule has 0 bridgehead atoms. The maximum Gasteiger partial charge on any atom is 0.303 e. The number of carboxylic acids is 1. The quantitative estimate of drug-likeness (QED) is 0.631. The number of H-pyrrole nitrogens is 1. The Balaban J connectivity index is 1.90. The van der Waals surface area contributed by atoms with Gasteiger partial charge in [-0.3, -0.25) is 24.8 Å². The highest BCUT2D eigenvalue weighted by atomic mass is 16.6. The van der Waals surface area contributed by atoms with Crippen LogP contribution >= 0.6 is 0 Å². The Morgan fingerprint density at radius 3 is 2.92 bits per heavy atom. The number of carbonyl (C=O) groups excluding carboxylic acids is 1. The maximum absolute atomic E-state index is 12.9. The topological polar surface area (TPSA) is 129 Å². The second-order valence-electron chi connectivity index (χ2n) is 6.14. The van der Waals surface area contributed by atoms with Crippen molar-refractivity contribution < 1.29 is 19.6 Å². The summed E-state index contributed by atoms with van der Waals surface area (Å²) in [5.41, 5.74) is 0.581. The lowest BCUT2D eigenvalue weighted by molar-refractivity contribution is -0.384. The number of aromatic nitrogens is 2. The molecule has 0 spiro atoms. The molecule has 3 rings (SSSR count). The Morgan fingerprint density at radius 1 is 1.40 bits per heavy atom. The number of hydrogen-bond donors (Lipinski definition) is 2. The zero-order valence-electron chi connectivity index (χ0n) is 13.5. The summed E-state index contributed by atoms with van der Waals surface area (Å²) >= 11 is 0. The molecule has 25 heavy (non-hydrogen) atoms. The average Bonchev–Trinajstić information content (AvgIpc) is 3.02. The highest BCUT2D eigenvalue weighted by molar-refractivity contribution is 6.05. The fourth-order valence-electron chi connectivity index (χ4n) is 3.27. The van der Waals surface area contributed by atoms with Crippen molar-refractivity contribution in [1.29, 1.82) is 0 Å². The molecule has 2 heterocycles. The van der Waals surface area contributed by atoms with Crippen LogP contribution in [0.4, 0.5) is 5.69 Å². The van der Waals surface area contributed by atoms with Crippen molar-refractivity contribution in [1.82, 2.24) is 15.1 Å². The Kier molecular flexibility index (Phi) is 4.64. The predicted octanol–water partition coefficient (Wildman–Crippen LogP) is 2.33. The van der Waals surface area contributed by atoms with Gasteiger partial charge in [-0.1, -0.05) is 0 Å². The minimum Gasteiger partial charge on any atom is -0.481 e. The van der Waals surface area contributed by atoms with E-state index in [0.29, 0.717) is 23.9 Å². The monoisotopic (exact) mass is 346 g/mol. The van der Waals surface area contributed by atoms with E-state index in [0.717, 1.165) is 19.3 Å². The third-order valence-corrected chi connectivity index (χ3v) is 4.54. The molecule has 9 nitrogen and oxygen atoms in total. The summed E-state index contributed by atoms with van der Waals surface area (Å²) in [6, 6.07) is 4.06. The Labute approximate surface area is 142 Å². The zero-order valence-corrected chi connectivity index (χ0v) is 13.5. The number of carbonyl (C=O) groups is 2. The van der Waals surface area contributed by atoms with Crippen LogP contribution in [0.25, 0.3) is 10.9 Å². The zero-order chi connectivity index (χ0) is 18.0. The number of carboxylic acid groups (broad SMARTS) is 1. The Hall–Kier alpha value is -2.97. The second-order valence-corrected chi connectivity index (χ2v) is 6.14. The van der Waals surface area contributed by atoms with Gasteiger partial charge in [0.1, 0.15) is 0 Å². The van der Waals surface area contributed by atoms with E-state index in [1.807, 2.05) is 0 Å². The van der Waals surface area contributed by atoms with E-state index in [1.54, 1.807) is 4.90 Å². The summed E-state index contributed by atoms with van der Waals surface area (Å²) in [6.45, 7) is 0.534. The van der Waals surface area contributed by atoms with Crippen LogP contribution in [0.15, 0.2) is 18.2 Å². The number of nitro benzene ring substituents is 1. The molecule has 1 aromatic heterocycles. The number of nitrogens with one attached hydrogen (secondary N) is 1. The number of nitrogens with zero attached hydrogens (tertiary/aromatic N) is 3. The van der Waals surface area contributed by atoms with E-state index >= 15 is 0 Å². The first-order valence-electron chi connectivity index (χ1n) is 8.12. The molecule has 0 saturated carbocycles. The lowest BCUT2D eigenvalue weighted by Crippen LogP contribution is -2.44. The third-order valence-electron chi connectivity index (χ3n) is 4.54. The van der Waals surface area contributed by atoms with Crippen molar-refractivity contribution in [3.05, 3.63) is 34.0 Å². The molecule has 2 aromatic rings. The van der Waals surface area contributed by atoms with Crippen molar-refractivity contribution in [3.8, 4) is 0 Å². The van der Waals surface area contributed by atoms with E-state index in [-0.39, 0.29) is 29.8 Å². The van der Waals surface area contributed by atoms with Gasteiger partial charge in [0.15, 0.2) is 5.69 Å². The van der Waals surface area contributed by atoms with Crippen molar-refractivity contribution in [3.63, 3.8) is 0 Å². The van der Waals surface area contributed by atoms with E-state index in [4.69, 9.17) is 5.11 Å². The molecule has 9 heteroatoms. The third kappa shape index (κ3) is 3.44. The SMILES string of the molecule is O=C(O)CCC1CCCCN1C(=O)c1n[nH]c2ccc([N+](=O)[O-])cc12. The number of amides is 1. The van der Waals surface area contributed by atoms with Crippen molar-refractivity contribution >= 4 is 28.5 Å². The first-order chi connectivity index (χ1) is 12.0. The van der Waals surface area contributed by atoms with Crippen molar-refractivity contribution in [2.45, 2.75) is 38.1 Å². The molecule has 1 saturated heterocycles. The number of aliphatic carboxylic acids is 1. The number of fused-ring (bicyclic) bond motifs is 1. The average molecular weight is 346 g/mol. The van der Waals surface area contributed by atoms with Crippen molar-refractivity contribution in [2.24, 2.45) is 0 Å². The normalized spacial score (nSPS) is 17.6. The van der Waals surface area contributed by atoms with Gasteiger partial charge >= 0.3 is 5.97 Å². The molecule has 2 N–H and O–H groups in total. The van der Waals surface area contributed by atoms with Gasteiger partial charge in [-0.25, -0.2) is 0 Å². The summed E-state index contributed by atoms with van der Waals surface area (Å²) < 4.78 is 0. The first-order valence-corrected chi connectivity index (χ1v) is 8.12. The van der Waals surface area contributed by atoms with Gasteiger partial charge in [0.05, 0.1) is 10.4 Å². The number of benzene rings is 1. The van der Waals surface area contributed by atoms with Crippen molar-refractivity contribution in [2.75, 3.05) is 6.54 Å². The van der Waals surface area contributed by atoms with Crippen LogP contribution in [0, 0.1) is 10.1 Å². The standard InChI is InChI=1S/C16H18N4O5/c21-14(22)7-5-10-3-1-2-8-19(10)16(23)15-12-9-11(20(24)25)4-6-13(12)17-18-15/h4,6,9-10H,1-3,5,7-8H2,(H,17,18)(H,21,22). The smallest absolute Gasteiger partial charge is 0.303 e. The van der Waals surface area contributed by atoms with Gasteiger partial charge in [-0.15, -0.1) is 0 Å². The van der Waals surface area contributed by atoms with E-state index in [1.165, 1.54) is 18.2 Å². The molecule has 0 radical (unpaired) electrons. The minimum absolute atomic E-state index is 0.00122. The molecule has 1 amide bonds. The highest BCUT2D eigenvalue weighted by Crippen LogP contribution is 2.27. The summed E-state index contributed by atoms with van der Waals surface area (Å²) in [4.78, 5) is 35.9. The summed E-state index contributed by atoms with van der Waals surface area (Å²) in [7, 11) is 0. The molecule has 1 atom stereocenters. The number of hydrogen-bond acceptors (Lipinski definition) is 5. The maximum atomic E-state index is 12.9. The number of nitro groups is 1. The van der Waals surface area contributed by atoms with Crippen LogP contribution in [0.5, 0.6) is 0 Å². The number of aromatic amines is 1. The Bertz CT molecular complexity index is 831. The van der Waals surface area contributed by atoms with Gasteiger partial charge in [0.2, 0.25) is 0 Å². The molecule has 132 valence electrons. The molecular formula is C16H18N4O5. The molecular weight excluding hydrogens is 328 g/mol. The minimum atomic E-state index is -0.890. The van der Waals surface area contributed by atoms with Crippen LogP contribution in [-0.4, -0.2) is 49.6 Å². The molecule has 0 aliphatic carbocycles. The first kappa shape index (κ1) is 16.9. The van der Waals surface area contributed by atoms with Crippen LogP contribution in [-0.2, 0) is 4.79 Å². The van der Waals surface area contributed by atoms with E-state index in [9.17, 15) is 19.7 Å². The van der Waals surface area contributed by atoms with Crippen LogP contribution in [0.1, 0.15) is 42.6 Å². The van der Waals surface area contributed by atoms with Gasteiger partial charge in [0.25, 0.3) is 11.6 Å². The summed E-state index contributed by atoms with van der Waals surface area (Å²) in [5.74, 6) is -1.21. The van der Waals surface area contributed by atoms with Gasteiger partial charge in [0, 0.05) is 36.5 Å². The highest BCUT2D eigenvalue weighted by Gasteiger charge is 2.30. The van der Waals surface area contributed by atoms with Crippen LogP contribution < -0.4 is 0 Å². The molecule has 1 aromatic carbocycles. The summed E-state index contributed by atoms with van der Waals surface area (Å²) in [6.07, 6.45) is 2.94. The molecule has 1 fully saturated rings. The number of piperidine rings is 1. The van der Waals surface area contributed by atoms with Gasteiger partial charge < -0.3 is 10.0 Å². The van der Waals surface area contributed by atoms with E-state index < -0.39 is 10.9 Å². The lowest BCUT2D eigenvalue weighted by atomic mass is 9.97. The molecule has 1 aliphatic rings. The molecule has 1 unspecified atom stereocenters. The predicted molar refractivity (Wildman–Crippen MR) is 88.3 cm³/mol. The van der Waals surface area contributed by atoms with Crippen LogP contribution in [0.2, 0.25) is 0 Å². The summed E-state index contributed by atoms with van der Waals surface area (Å²) in [5, 5.41) is 27.0. The number of rotatable bonds is 5. The number of likely N-dealkylation sites (tertiary alicyclic amines) is 1.